The van der Waals surface area contributed by atoms with Gasteiger partial charge in [-0.25, -0.2) is 14.2 Å². The number of halogens is 2. The molecular weight excluding hydrogens is 299 g/mol. The highest BCUT2D eigenvalue weighted by Crippen LogP contribution is 2.17. The van der Waals surface area contributed by atoms with Crippen LogP contribution < -0.4 is 5.32 Å². The molecule has 5 nitrogen and oxygen atoms in total. The largest absolute Gasteiger partial charge is 0.477 e. The van der Waals surface area contributed by atoms with E-state index >= 15 is 0 Å². The summed E-state index contributed by atoms with van der Waals surface area (Å²) in [7, 11) is 0. The van der Waals surface area contributed by atoms with Gasteiger partial charge < -0.3 is 10.4 Å². The molecule has 0 unspecified atom stereocenters. The molecule has 0 aliphatic carbocycles. The average molecular weight is 309 g/mol. The summed E-state index contributed by atoms with van der Waals surface area (Å²) >= 11 is 5.60. The second-order valence-corrected chi connectivity index (χ2v) is 4.55. The monoisotopic (exact) mass is 308 g/mol. The molecule has 0 saturated carbocycles. The summed E-state index contributed by atoms with van der Waals surface area (Å²) in [4.78, 5) is 26.2. The number of aromatic carboxylic acids is 1. The summed E-state index contributed by atoms with van der Waals surface area (Å²) in [6.45, 7) is 0.0949. The van der Waals surface area contributed by atoms with Crippen LogP contribution in [0.25, 0.3) is 0 Å². The van der Waals surface area contributed by atoms with Crippen LogP contribution in [0.15, 0.2) is 36.5 Å². The van der Waals surface area contributed by atoms with Gasteiger partial charge in [-0.05, 0) is 23.8 Å². The van der Waals surface area contributed by atoms with E-state index in [-0.39, 0.29) is 22.8 Å². The van der Waals surface area contributed by atoms with Crippen LogP contribution in [-0.2, 0) is 6.54 Å². The molecule has 2 aromatic rings. The molecule has 1 aromatic heterocycles. The van der Waals surface area contributed by atoms with Crippen molar-refractivity contribution in [2.24, 2.45) is 0 Å². The number of amides is 1. The Hall–Kier alpha value is -2.47. The van der Waals surface area contributed by atoms with E-state index in [4.69, 9.17) is 16.7 Å². The van der Waals surface area contributed by atoms with E-state index in [0.29, 0.717) is 5.56 Å². The van der Waals surface area contributed by atoms with E-state index in [1.54, 1.807) is 0 Å². The molecule has 0 spiro atoms. The predicted molar refractivity (Wildman–Crippen MR) is 73.8 cm³/mol. The fourth-order valence-electron chi connectivity index (χ4n) is 1.61. The molecule has 0 atom stereocenters. The third kappa shape index (κ3) is 3.55. The van der Waals surface area contributed by atoms with Crippen molar-refractivity contribution in [3.05, 3.63) is 64.2 Å². The highest BCUT2D eigenvalue weighted by atomic mass is 35.5. The minimum atomic E-state index is -1.13. The van der Waals surface area contributed by atoms with Crippen LogP contribution in [0.2, 0.25) is 5.02 Å². The van der Waals surface area contributed by atoms with E-state index in [2.05, 4.69) is 10.3 Å². The van der Waals surface area contributed by atoms with Crippen LogP contribution in [0.5, 0.6) is 0 Å². The van der Waals surface area contributed by atoms with Gasteiger partial charge in [0.2, 0.25) is 0 Å². The molecule has 1 heterocycles. The van der Waals surface area contributed by atoms with Crippen molar-refractivity contribution in [1.82, 2.24) is 10.3 Å². The van der Waals surface area contributed by atoms with Crippen LogP contribution in [0.3, 0.4) is 0 Å². The molecule has 2 N–H and O–H groups in total. The summed E-state index contributed by atoms with van der Waals surface area (Å²) in [6.07, 6.45) is 1.33. The Morgan fingerprint density at radius 1 is 1.29 bits per heavy atom. The number of benzene rings is 1. The first-order chi connectivity index (χ1) is 9.99. The van der Waals surface area contributed by atoms with Crippen molar-refractivity contribution in [3.8, 4) is 0 Å². The molecule has 108 valence electrons. The maximum Gasteiger partial charge on any atom is 0.354 e. The molecule has 0 radical (unpaired) electrons. The second kappa shape index (κ2) is 6.32. The molecule has 0 aliphatic heterocycles. The molecule has 21 heavy (non-hydrogen) atoms. The Bertz CT molecular complexity index is 689. The molecule has 0 saturated heterocycles. The van der Waals surface area contributed by atoms with Crippen molar-refractivity contribution in [3.63, 3.8) is 0 Å². The summed E-state index contributed by atoms with van der Waals surface area (Å²) in [6, 6.07) is 6.99. The lowest BCUT2D eigenvalue weighted by molar-refractivity contribution is 0.0690. The van der Waals surface area contributed by atoms with Crippen LogP contribution >= 0.6 is 11.6 Å². The summed E-state index contributed by atoms with van der Waals surface area (Å²) < 4.78 is 13.6. The number of carbonyl (C=O) groups is 2. The van der Waals surface area contributed by atoms with E-state index < -0.39 is 17.7 Å². The van der Waals surface area contributed by atoms with Gasteiger partial charge in [0.1, 0.15) is 5.69 Å². The normalized spacial score (nSPS) is 10.2. The van der Waals surface area contributed by atoms with Gasteiger partial charge in [0.05, 0.1) is 10.6 Å². The summed E-state index contributed by atoms with van der Waals surface area (Å²) in [5.74, 6) is -2.53. The summed E-state index contributed by atoms with van der Waals surface area (Å²) in [5, 5.41) is 11.1. The van der Waals surface area contributed by atoms with Crippen molar-refractivity contribution >= 4 is 23.5 Å². The number of aromatic nitrogens is 1. The second-order valence-electron chi connectivity index (χ2n) is 4.14. The molecule has 0 aliphatic rings. The predicted octanol–water partition coefficient (Wildman–Crippen LogP) is 2.50. The quantitative estimate of drug-likeness (QED) is 0.909. The zero-order valence-electron chi connectivity index (χ0n) is 10.6. The van der Waals surface area contributed by atoms with Crippen molar-refractivity contribution in [2.45, 2.75) is 6.54 Å². The maximum absolute atomic E-state index is 13.6. The Morgan fingerprint density at radius 3 is 2.67 bits per heavy atom. The molecule has 1 amide bonds. The van der Waals surface area contributed by atoms with Crippen LogP contribution in [0.1, 0.15) is 26.4 Å². The van der Waals surface area contributed by atoms with Gasteiger partial charge in [0.15, 0.2) is 5.82 Å². The van der Waals surface area contributed by atoms with Crippen molar-refractivity contribution in [1.29, 1.82) is 0 Å². The maximum atomic E-state index is 13.6. The highest BCUT2D eigenvalue weighted by Gasteiger charge is 2.13. The van der Waals surface area contributed by atoms with Gasteiger partial charge in [0.25, 0.3) is 5.91 Å². The minimum absolute atomic E-state index is 0.0917. The Morgan fingerprint density at radius 2 is 2.05 bits per heavy atom. The van der Waals surface area contributed by atoms with E-state index in [0.717, 1.165) is 0 Å². The van der Waals surface area contributed by atoms with Gasteiger partial charge in [-0.3, -0.25) is 4.79 Å². The smallest absolute Gasteiger partial charge is 0.354 e. The number of hydrogen-bond donors (Lipinski definition) is 2. The first-order valence-corrected chi connectivity index (χ1v) is 6.27. The first-order valence-electron chi connectivity index (χ1n) is 5.89. The standard InChI is InChI=1S/C14H10ClFN2O3/c15-10-3-1-2-9(12(10)16)13(19)18-7-8-4-5-11(14(20)21)17-6-8/h1-6H,7H2,(H,18,19)(H,20,21). The van der Waals surface area contributed by atoms with Gasteiger partial charge in [-0.2, -0.15) is 0 Å². The lowest BCUT2D eigenvalue weighted by atomic mass is 10.2. The number of pyridine rings is 1. The highest BCUT2D eigenvalue weighted by molar-refractivity contribution is 6.31. The zero-order chi connectivity index (χ0) is 15.4. The third-order valence-corrected chi connectivity index (χ3v) is 2.99. The Labute approximate surface area is 124 Å². The lowest BCUT2D eigenvalue weighted by Crippen LogP contribution is -2.24. The van der Waals surface area contributed by atoms with E-state index in [1.807, 2.05) is 0 Å². The number of carboxylic acid groups (broad SMARTS) is 1. The van der Waals surface area contributed by atoms with Crippen LogP contribution in [-0.4, -0.2) is 22.0 Å². The third-order valence-electron chi connectivity index (χ3n) is 2.69. The molecule has 0 fully saturated rings. The fourth-order valence-corrected chi connectivity index (χ4v) is 1.79. The van der Waals surface area contributed by atoms with Crippen LogP contribution in [0, 0.1) is 5.82 Å². The van der Waals surface area contributed by atoms with Crippen LogP contribution in [0.4, 0.5) is 4.39 Å². The molecular formula is C14H10ClFN2O3. The number of carboxylic acids is 1. The Balaban J connectivity index is 2.04. The Kier molecular flexibility index (Phi) is 4.49. The molecule has 2 rings (SSSR count). The number of rotatable bonds is 4. The van der Waals surface area contributed by atoms with Crippen molar-refractivity contribution in [2.75, 3.05) is 0 Å². The minimum Gasteiger partial charge on any atom is -0.477 e. The summed E-state index contributed by atoms with van der Waals surface area (Å²) in [5.41, 5.74) is 0.347. The number of carbonyl (C=O) groups excluding carboxylic acids is 1. The molecule has 0 bridgehead atoms. The first kappa shape index (κ1) is 14.9. The average Bonchev–Trinajstić information content (AvgIpc) is 2.48. The fraction of sp³-hybridized carbons (Fsp3) is 0.0714. The van der Waals surface area contributed by atoms with E-state index in [1.165, 1.54) is 36.5 Å². The van der Waals surface area contributed by atoms with Crippen molar-refractivity contribution < 1.29 is 19.1 Å². The topological polar surface area (TPSA) is 79.3 Å². The molecule has 1 aromatic carbocycles. The number of nitrogens with zero attached hydrogens (tertiary/aromatic N) is 1. The zero-order valence-corrected chi connectivity index (χ0v) is 11.4. The SMILES string of the molecule is O=C(O)c1ccc(CNC(=O)c2cccc(Cl)c2F)cn1. The lowest BCUT2D eigenvalue weighted by Gasteiger charge is -2.07. The van der Waals surface area contributed by atoms with Gasteiger partial charge in [0, 0.05) is 12.7 Å². The van der Waals surface area contributed by atoms with Gasteiger partial charge >= 0.3 is 5.97 Å². The molecule has 7 heteroatoms. The van der Waals surface area contributed by atoms with Gasteiger partial charge in [-0.1, -0.05) is 23.7 Å². The number of nitrogens with one attached hydrogen (secondary N) is 1. The number of hydrogen-bond acceptors (Lipinski definition) is 3. The van der Waals surface area contributed by atoms with Gasteiger partial charge in [-0.15, -0.1) is 0 Å². The van der Waals surface area contributed by atoms with E-state index in [9.17, 15) is 14.0 Å².